The lowest BCUT2D eigenvalue weighted by Gasteiger charge is -2.17. The van der Waals surface area contributed by atoms with Crippen LogP contribution in [0.3, 0.4) is 0 Å². The number of ether oxygens (including phenoxy) is 2. The average molecular weight is 436 g/mol. The van der Waals surface area contributed by atoms with E-state index in [9.17, 15) is 9.59 Å². The van der Waals surface area contributed by atoms with Crippen molar-refractivity contribution in [1.29, 1.82) is 0 Å². The van der Waals surface area contributed by atoms with Gasteiger partial charge in [-0.1, -0.05) is 18.2 Å². The van der Waals surface area contributed by atoms with Crippen LogP contribution in [0, 0.1) is 13.8 Å². The highest BCUT2D eigenvalue weighted by Crippen LogP contribution is 2.28. The second-order valence-electron chi connectivity index (χ2n) is 8.33. The zero-order valence-corrected chi connectivity index (χ0v) is 19.1. The van der Waals surface area contributed by atoms with Crippen molar-refractivity contribution in [2.24, 2.45) is 0 Å². The van der Waals surface area contributed by atoms with Crippen molar-refractivity contribution in [2.45, 2.75) is 46.1 Å². The van der Waals surface area contributed by atoms with Gasteiger partial charge in [0.1, 0.15) is 0 Å². The molecule has 0 N–H and O–H groups in total. The number of Topliss-reactive ketones (excluding diaryl/α,β-unsaturated/α-hetero) is 1. The molecule has 0 amide bonds. The molecule has 0 spiro atoms. The minimum Gasteiger partial charge on any atom is -0.453 e. The topological polar surface area (TPSA) is 75.3 Å². The zero-order valence-electron chi connectivity index (χ0n) is 19.1. The number of methoxy groups -OCH3 is 1. The number of benzene rings is 1. The lowest BCUT2D eigenvalue weighted by atomic mass is 10.1. The molecule has 1 aromatic carbocycles. The predicted molar refractivity (Wildman–Crippen MR) is 121 cm³/mol. The maximum atomic E-state index is 12.9. The highest BCUT2D eigenvalue weighted by molar-refractivity contribution is 6.00. The third-order valence-electron chi connectivity index (χ3n) is 6.09. The van der Waals surface area contributed by atoms with Crippen LogP contribution in [-0.4, -0.2) is 46.4 Å². The number of rotatable bonds is 8. The van der Waals surface area contributed by atoms with Crippen molar-refractivity contribution in [3.05, 3.63) is 70.3 Å². The van der Waals surface area contributed by atoms with Gasteiger partial charge in [-0.25, -0.2) is 9.48 Å². The number of hydrogen-bond donors (Lipinski definition) is 0. The Bertz CT molecular complexity index is 1140. The summed E-state index contributed by atoms with van der Waals surface area (Å²) in [6.45, 7) is 6.15. The molecule has 0 radical (unpaired) electrons. The first-order valence-corrected chi connectivity index (χ1v) is 11.0. The summed E-state index contributed by atoms with van der Waals surface area (Å²) in [6.07, 6.45) is 2.64. The van der Waals surface area contributed by atoms with E-state index < -0.39 is 5.97 Å². The van der Waals surface area contributed by atoms with Crippen molar-refractivity contribution >= 4 is 11.8 Å². The predicted octanol–water partition coefficient (Wildman–Crippen LogP) is 4.03. The maximum absolute atomic E-state index is 12.9. The molecule has 1 unspecified atom stereocenters. The van der Waals surface area contributed by atoms with E-state index in [1.54, 1.807) is 7.11 Å². The molecule has 0 saturated heterocycles. The van der Waals surface area contributed by atoms with Gasteiger partial charge in [-0.2, -0.15) is 5.10 Å². The summed E-state index contributed by atoms with van der Waals surface area (Å²) in [4.78, 5) is 25.7. The van der Waals surface area contributed by atoms with Gasteiger partial charge in [0.25, 0.3) is 0 Å². The first-order chi connectivity index (χ1) is 15.4. The van der Waals surface area contributed by atoms with Crippen LogP contribution in [0.5, 0.6) is 0 Å². The maximum Gasteiger partial charge on any atom is 0.359 e. The van der Waals surface area contributed by atoms with Crippen LogP contribution in [-0.2, 0) is 22.3 Å². The lowest BCUT2D eigenvalue weighted by Crippen LogP contribution is -2.17. The highest BCUT2D eigenvalue weighted by Gasteiger charge is 2.28. The third kappa shape index (κ3) is 4.00. The van der Waals surface area contributed by atoms with Crippen LogP contribution >= 0.6 is 0 Å². The molecular weight excluding hydrogens is 406 g/mol. The SMILES string of the molecule is COCC(C)n1c(C)cc(C(=O)COC(=O)c2nn(-c3ccccc3)c3c2CCC3)c1C. The fraction of sp³-hybridized carbons (Fsp3) is 0.400. The number of carbonyl (C=O) groups excluding carboxylic acids is 2. The number of hydrogen-bond acceptors (Lipinski definition) is 5. The Balaban J connectivity index is 1.51. The quantitative estimate of drug-likeness (QED) is 0.395. The Hall–Kier alpha value is -3.19. The van der Waals surface area contributed by atoms with Gasteiger partial charge in [0.15, 0.2) is 12.3 Å². The minimum atomic E-state index is -0.548. The molecule has 0 bridgehead atoms. The van der Waals surface area contributed by atoms with E-state index in [1.165, 1.54) is 0 Å². The molecule has 4 rings (SSSR count). The Kier molecular flexibility index (Phi) is 6.28. The molecule has 3 aromatic rings. The van der Waals surface area contributed by atoms with Gasteiger partial charge in [-0.15, -0.1) is 0 Å². The number of aryl methyl sites for hydroxylation is 1. The van der Waals surface area contributed by atoms with Gasteiger partial charge in [-0.3, -0.25) is 4.79 Å². The standard InChI is InChI=1S/C25H29N3O4/c1-16-13-21(18(3)27(16)17(2)14-31-4)23(29)15-32-25(30)24-20-11-8-12-22(20)28(26-24)19-9-6-5-7-10-19/h5-7,9-10,13,17H,8,11-12,14-15H2,1-4H3. The first-order valence-electron chi connectivity index (χ1n) is 11.0. The van der Waals surface area contributed by atoms with Crippen LogP contribution in [0.4, 0.5) is 0 Å². The Morgan fingerprint density at radius 3 is 2.62 bits per heavy atom. The van der Waals surface area contributed by atoms with E-state index in [-0.39, 0.29) is 18.4 Å². The lowest BCUT2D eigenvalue weighted by molar-refractivity contribution is 0.0467. The summed E-state index contributed by atoms with van der Waals surface area (Å²) in [6, 6.07) is 11.7. The van der Waals surface area contributed by atoms with Gasteiger partial charge in [-0.05, 0) is 58.2 Å². The van der Waals surface area contributed by atoms with Crippen LogP contribution < -0.4 is 0 Å². The van der Waals surface area contributed by atoms with E-state index in [1.807, 2.05) is 61.9 Å². The highest BCUT2D eigenvalue weighted by atomic mass is 16.5. The molecule has 7 nitrogen and oxygen atoms in total. The van der Waals surface area contributed by atoms with E-state index in [0.717, 1.165) is 47.6 Å². The summed E-state index contributed by atoms with van der Waals surface area (Å²) in [5.74, 6) is -0.769. The first kappa shape index (κ1) is 22.0. The summed E-state index contributed by atoms with van der Waals surface area (Å²) in [5.41, 5.74) is 5.59. The normalized spacial score (nSPS) is 13.8. The second kappa shape index (κ2) is 9.12. The van der Waals surface area contributed by atoms with Crippen LogP contribution in [0.2, 0.25) is 0 Å². The van der Waals surface area contributed by atoms with Crippen molar-refractivity contribution in [3.8, 4) is 5.69 Å². The summed E-state index contributed by atoms with van der Waals surface area (Å²) in [7, 11) is 1.66. The molecule has 0 fully saturated rings. The monoisotopic (exact) mass is 435 g/mol. The number of nitrogens with zero attached hydrogens (tertiary/aromatic N) is 3. The van der Waals surface area contributed by atoms with Gasteiger partial charge in [0.05, 0.1) is 18.3 Å². The Labute approximate surface area is 187 Å². The van der Waals surface area contributed by atoms with Crippen LogP contribution in [0.15, 0.2) is 36.4 Å². The number of ketones is 1. The van der Waals surface area contributed by atoms with Crippen molar-refractivity contribution in [3.63, 3.8) is 0 Å². The van der Waals surface area contributed by atoms with Crippen molar-refractivity contribution in [1.82, 2.24) is 14.3 Å². The fourth-order valence-electron chi connectivity index (χ4n) is 4.71. The van der Waals surface area contributed by atoms with Crippen LogP contribution in [0.1, 0.15) is 62.9 Å². The molecule has 7 heteroatoms. The Morgan fingerprint density at radius 1 is 1.16 bits per heavy atom. The smallest absolute Gasteiger partial charge is 0.359 e. The number of aromatic nitrogens is 3. The number of esters is 1. The van der Waals surface area contributed by atoms with Gasteiger partial charge in [0.2, 0.25) is 5.78 Å². The fourth-order valence-corrected chi connectivity index (χ4v) is 4.71. The van der Waals surface area contributed by atoms with Gasteiger partial charge < -0.3 is 14.0 Å². The minimum absolute atomic E-state index is 0.105. The zero-order chi connectivity index (χ0) is 22.8. The van der Waals surface area contributed by atoms with Gasteiger partial charge in [0, 0.05) is 35.3 Å². The molecule has 2 aromatic heterocycles. The van der Waals surface area contributed by atoms with Crippen LogP contribution in [0.25, 0.3) is 5.69 Å². The molecule has 0 aliphatic heterocycles. The second-order valence-corrected chi connectivity index (χ2v) is 8.33. The molecule has 0 saturated carbocycles. The molecule has 1 atom stereocenters. The number of carbonyl (C=O) groups is 2. The van der Waals surface area contributed by atoms with Crippen molar-refractivity contribution < 1.29 is 19.1 Å². The Morgan fingerprint density at radius 2 is 1.91 bits per heavy atom. The molecule has 2 heterocycles. The van der Waals surface area contributed by atoms with Gasteiger partial charge >= 0.3 is 5.97 Å². The van der Waals surface area contributed by atoms with E-state index >= 15 is 0 Å². The molecule has 1 aliphatic carbocycles. The summed E-state index contributed by atoms with van der Waals surface area (Å²) in [5, 5.41) is 4.54. The van der Waals surface area contributed by atoms with E-state index in [4.69, 9.17) is 9.47 Å². The number of fused-ring (bicyclic) bond motifs is 1. The van der Waals surface area contributed by atoms with Crippen molar-refractivity contribution in [2.75, 3.05) is 20.3 Å². The van der Waals surface area contributed by atoms with E-state index in [2.05, 4.69) is 9.67 Å². The molecular formula is C25H29N3O4. The third-order valence-corrected chi connectivity index (χ3v) is 6.09. The average Bonchev–Trinajstić information content (AvgIpc) is 3.46. The molecule has 1 aliphatic rings. The summed E-state index contributed by atoms with van der Waals surface area (Å²) < 4.78 is 14.6. The van der Waals surface area contributed by atoms with E-state index in [0.29, 0.717) is 17.9 Å². The number of para-hydroxylation sites is 1. The summed E-state index contributed by atoms with van der Waals surface area (Å²) >= 11 is 0. The largest absolute Gasteiger partial charge is 0.453 e. The molecule has 168 valence electrons. The molecule has 32 heavy (non-hydrogen) atoms.